The number of pyridine rings is 1. The number of rotatable bonds is 2. The normalized spacial score (nSPS) is 22.9. The monoisotopic (exact) mass is 206 g/mol. The molecule has 2 rings (SSSR count). The SMILES string of the molecule is CC1CCCN(Cc2ccc(O)cn2)C1. The highest BCUT2D eigenvalue weighted by atomic mass is 16.3. The number of hydrogen-bond donors (Lipinski definition) is 1. The van der Waals surface area contributed by atoms with E-state index in [1.807, 2.05) is 6.07 Å². The lowest BCUT2D eigenvalue weighted by atomic mass is 10.0. The van der Waals surface area contributed by atoms with Crippen molar-refractivity contribution in [3.63, 3.8) is 0 Å². The van der Waals surface area contributed by atoms with Crippen LogP contribution in [0.1, 0.15) is 25.5 Å². The van der Waals surface area contributed by atoms with Gasteiger partial charge < -0.3 is 5.11 Å². The van der Waals surface area contributed by atoms with Gasteiger partial charge in [-0.15, -0.1) is 0 Å². The quantitative estimate of drug-likeness (QED) is 0.804. The first-order chi connectivity index (χ1) is 7.24. The molecule has 1 saturated heterocycles. The number of aromatic nitrogens is 1. The summed E-state index contributed by atoms with van der Waals surface area (Å²) >= 11 is 0. The van der Waals surface area contributed by atoms with Gasteiger partial charge in [-0.3, -0.25) is 9.88 Å². The standard InChI is InChI=1S/C12H18N2O/c1-10-3-2-6-14(8-10)9-11-4-5-12(15)7-13-11/h4-5,7,10,15H,2-3,6,8-9H2,1H3. The lowest BCUT2D eigenvalue weighted by Gasteiger charge is -2.30. The largest absolute Gasteiger partial charge is 0.506 e. The molecule has 1 aromatic heterocycles. The Morgan fingerprint density at radius 2 is 2.40 bits per heavy atom. The molecule has 82 valence electrons. The fourth-order valence-electron chi connectivity index (χ4n) is 2.17. The van der Waals surface area contributed by atoms with Crippen molar-refractivity contribution in [2.24, 2.45) is 5.92 Å². The first-order valence-corrected chi connectivity index (χ1v) is 5.60. The average Bonchev–Trinajstić information content (AvgIpc) is 2.22. The third kappa shape index (κ3) is 2.93. The summed E-state index contributed by atoms with van der Waals surface area (Å²) in [6, 6.07) is 3.60. The van der Waals surface area contributed by atoms with E-state index in [2.05, 4.69) is 16.8 Å². The molecule has 0 amide bonds. The Labute approximate surface area is 90.8 Å². The third-order valence-electron chi connectivity index (χ3n) is 2.94. The minimum absolute atomic E-state index is 0.241. The van der Waals surface area contributed by atoms with Crippen LogP contribution in [-0.4, -0.2) is 28.1 Å². The van der Waals surface area contributed by atoms with Crippen molar-refractivity contribution >= 4 is 0 Å². The van der Waals surface area contributed by atoms with Gasteiger partial charge in [0.05, 0.1) is 11.9 Å². The lowest BCUT2D eigenvalue weighted by molar-refractivity contribution is 0.175. The van der Waals surface area contributed by atoms with Gasteiger partial charge in [-0.25, -0.2) is 0 Å². The van der Waals surface area contributed by atoms with E-state index in [1.165, 1.54) is 32.1 Å². The van der Waals surface area contributed by atoms with Crippen molar-refractivity contribution in [2.75, 3.05) is 13.1 Å². The molecule has 2 heterocycles. The van der Waals surface area contributed by atoms with Gasteiger partial charge in [-0.1, -0.05) is 6.92 Å². The van der Waals surface area contributed by atoms with E-state index < -0.39 is 0 Å². The van der Waals surface area contributed by atoms with E-state index in [-0.39, 0.29) is 5.75 Å². The van der Waals surface area contributed by atoms with Crippen molar-refractivity contribution in [1.29, 1.82) is 0 Å². The highest BCUT2D eigenvalue weighted by Crippen LogP contribution is 2.17. The second kappa shape index (κ2) is 4.62. The summed E-state index contributed by atoms with van der Waals surface area (Å²) in [5.41, 5.74) is 1.04. The molecule has 0 aromatic carbocycles. The average molecular weight is 206 g/mol. The maximum atomic E-state index is 9.13. The summed E-state index contributed by atoms with van der Waals surface area (Å²) < 4.78 is 0. The van der Waals surface area contributed by atoms with Crippen LogP contribution in [0.5, 0.6) is 5.75 Å². The van der Waals surface area contributed by atoms with Crippen LogP contribution in [-0.2, 0) is 6.54 Å². The van der Waals surface area contributed by atoms with Crippen LogP contribution in [0.2, 0.25) is 0 Å². The topological polar surface area (TPSA) is 36.4 Å². The van der Waals surface area contributed by atoms with Crippen LogP contribution in [0, 0.1) is 5.92 Å². The Morgan fingerprint density at radius 3 is 3.07 bits per heavy atom. The van der Waals surface area contributed by atoms with E-state index in [9.17, 15) is 0 Å². The molecule has 0 aliphatic carbocycles. The van der Waals surface area contributed by atoms with Gasteiger partial charge in [-0.05, 0) is 37.4 Å². The predicted molar refractivity (Wildman–Crippen MR) is 59.6 cm³/mol. The van der Waals surface area contributed by atoms with Gasteiger partial charge in [0.25, 0.3) is 0 Å². The van der Waals surface area contributed by atoms with E-state index in [1.54, 1.807) is 6.07 Å². The minimum Gasteiger partial charge on any atom is -0.506 e. The molecule has 1 N–H and O–H groups in total. The first-order valence-electron chi connectivity index (χ1n) is 5.60. The molecule has 1 atom stereocenters. The summed E-state index contributed by atoms with van der Waals surface area (Å²) in [6.07, 6.45) is 4.15. The molecule has 3 nitrogen and oxygen atoms in total. The molecule has 1 aromatic rings. The molecular weight excluding hydrogens is 188 g/mol. The number of hydrogen-bond acceptors (Lipinski definition) is 3. The minimum atomic E-state index is 0.241. The Morgan fingerprint density at radius 1 is 1.53 bits per heavy atom. The fourth-order valence-corrected chi connectivity index (χ4v) is 2.17. The Hall–Kier alpha value is -1.09. The van der Waals surface area contributed by atoms with Crippen molar-refractivity contribution in [1.82, 2.24) is 9.88 Å². The Kier molecular flexibility index (Phi) is 3.21. The Bertz CT molecular complexity index is 310. The molecule has 0 spiro atoms. The second-order valence-electron chi connectivity index (χ2n) is 4.49. The van der Waals surface area contributed by atoms with Gasteiger partial charge in [0.15, 0.2) is 0 Å². The van der Waals surface area contributed by atoms with Gasteiger partial charge in [0, 0.05) is 13.1 Å². The smallest absolute Gasteiger partial charge is 0.133 e. The predicted octanol–water partition coefficient (Wildman–Crippen LogP) is 2.02. The van der Waals surface area contributed by atoms with Crippen molar-refractivity contribution < 1.29 is 5.11 Å². The summed E-state index contributed by atoms with van der Waals surface area (Å²) in [5, 5.41) is 9.13. The van der Waals surface area contributed by atoms with Gasteiger partial charge in [0.1, 0.15) is 5.75 Å². The van der Waals surface area contributed by atoms with Crippen molar-refractivity contribution in [2.45, 2.75) is 26.3 Å². The number of nitrogens with zero attached hydrogens (tertiary/aromatic N) is 2. The zero-order chi connectivity index (χ0) is 10.7. The number of piperidine rings is 1. The summed E-state index contributed by atoms with van der Waals surface area (Å²) in [4.78, 5) is 6.64. The molecule has 1 aliphatic heterocycles. The van der Waals surface area contributed by atoms with Crippen LogP contribution >= 0.6 is 0 Å². The van der Waals surface area contributed by atoms with Crippen LogP contribution < -0.4 is 0 Å². The molecule has 0 bridgehead atoms. The maximum absolute atomic E-state index is 9.13. The number of aromatic hydroxyl groups is 1. The van der Waals surface area contributed by atoms with E-state index >= 15 is 0 Å². The summed E-state index contributed by atoms with van der Waals surface area (Å²) in [6.45, 7) is 5.55. The second-order valence-corrected chi connectivity index (χ2v) is 4.49. The first kappa shape index (κ1) is 10.4. The molecule has 1 fully saturated rings. The lowest BCUT2D eigenvalue weighted by Crippen LogP contribution is -2.33. The molecular formula is C12H18N2O. The van der Waals surface area contributed by atoms with Gasteiger partial charge >= 0.3 is 0 Å². The summed E-state index contributed by atoms with van der Waals surface area (Å²) in [5.74, 6) is 1.04. The molecule has 3 heteroatoms. The molecule has 0 saturated carbocycles. The van der Waals surface area contributed by atoms with Gasteiger partial charge in [-0.2, -0.15) is 0 Å². The van der Waals surface area contributed by atoms with Crippen LogP contribution in [0.15, 0.2) is 18.3 Å². The molecule has 1 aliphatic rings. The molecule has 1 unspecified atom stereocenters. The number of likely N-dealkylation sites (tertiary alicyclic amines) is 1. The zero-order valence-electron chi connectivity index (χ0n) is 9.19. The summed E-state index contributed by atoms with van der Waals surface area (Å²) in [7, 11) is 0. The van der Waals surface area contributed by atoms with Crippen molar-refractivity contribution in [3.05, 3.63) is 24.0 Å². The maximum Gasteiger partial charge on any atom is 0.133 e. The van der Waals surface area contributed by atoms with Crippen LogP contribution in [0.4, 0.5) is 0 Å². The van der Waals surface area contributed by atoms with Crippen LogP contribution in [0.25, 0.3) is 0 Å². The van der Waals surface area contributed by atoms with Gasteiger partial charge in [0.2, 0.25) is 0 Å². The Balaban J connectivity index is 1.93. The highest BCUT2D eigenvalue weighted by molar-refractivity contribution is 5.17. The molecule has 0 radical (unpaired) electrons. The molecule has 15 heavy (non-hydrogen) atoms. The third-order valence-corrected chi connectivity index (χ3v) is 2.94. The van der Waals surface area contributed by atoms with Crippen LogP contribution in [0.3, 0.4) is 0 Å². The van der Waals surface area contributed by atoms with Crippen molar-refractivity contribution in [3.8, 4) is 5.75 Å². The fraction of sp³-hybridized carbons (Fsp3) is 0.583. The zero-order valence-corrected chi connectivity index (χ0v) is 9.19. The highest BCUT2D eigenvalue weighted by Gasteiger charge is 2.16. The van der Waals surface area contributed by atoms with E-state index in [0.717, 1.165) is 18.2 Å². The van der Waals surface area contributed by atoms with E-state index in [0.29, 0.717) is 0 Å². The van der Waals surface area contributed by atoms with E-state index in [4.69, 9.17) is 5.11 Å².